The topological polar surface area (TPSA) is 57.7 Å². The van der Waals surface area contributed by atoms with Crippen LogP contribution in [0.25, 0.3) is 0 Å². The monoisotopic (exact) mass is 430 g/mol. The van der Waals surface area contributed by atoms with E-state index in [0.717, 1.165) is 37.7 Å². The Labute approximate surface area is 177 Å². The van der Waals surface area contributed by atoms with Crippen LogP contribution in [-0.2, 0) is 10.0 Å². The standard InChI is InChI=1S/C23H27FN2O3S/c24-21-10-6-18(7-11-21)20-5-1-2-14-25(17-20)23(27)19-8-12-22(13-9-19)30(28,29)26-15-3-4-16-26/h6-13,20H,1-5,14-17H2/t20-/m1/s1. The van der Waals surface area contributed by atoms with Crippen LogP contribution in [0.2, 0.25) is 0 Å². The number of likely N-dealkylation sites (tertiary alicyclic amines) is 1. The second-order valence-electron chi connectivity index (χ2n) is 8.13. The molecule has 2 fully saturated rings. The normalized spacial score (nSPS) is 20.8. The summed E-state index contributed by atoms with van der Waals surface area (Å²) in [7, 11) is -3.48. The number of carbonyl (C=O) groups is 1. The summed E-state index contributed by atoms with van der Waals surface area (Å²) in [6, 6.07) is 12.8. The largest absolute Gasteiger partial charge is 0.338 e. The minimum atomic E-state index is -3.48. The molecular weight excluding hydrogens is 403 g/mol. The molecule has 1 amide bonds. The van der Waals surface area contributed by atoms with Crippen LogP contribution in [-0.4, -0.2) is 49.7 Å². The van der Waals surface area contributed by atoms with Crippen molar-refractivity contribution in [2.75, 3.05) is 26.2 Å². The SMILES string of the molecule is O=C(c1ccc(S(=O)(=O)N2CCCC2)cc1)N1CCCC[C@@H](c2ccc(F)cc2)C1. The van der Waals surface area contributed by atoms with Crippen molar-refractivity contribution in [3.8, 4) is 0 Å². The van der Waals surface area contributed by atoms with E-state index in [1.807, 2.05) is 4.90 Å². The van der Waals surface area contributed by atoms with Crippen LogP contribution in [0.4, 0.5) is 4.39 Å². The number of sulfonamides is 1. The molecule has 2 aromatic rings. The van der Waals surface area contributed by atoms with Crippen LogP contribution in [0.5, 0.6) is 0 Å². The maximum Gasteiger partial charge on any atom is 0.253 e. The first-order chi connectivity index (χ1) is 14.4. The van der Waals surface area contributed by atoms with E-state index in [4.69, 9.17) is 0 Å². The lowest BCUT2D eigenvalue weighted by Gasteiger charge is -2.25. The number of amides is 1. The van der Waals surface area contributed by atoms with Gasteiger partial charge < -0.3 is 4.90 Å². The fourth-order valence-corrected chi connectivity index (χ4v) is 5.88. The Morgan fingerprint density at radius 2 is 1.50 bits per heavy atom. The van der Waals surface area contributed by atoms with Gasteiger partial charge in [-0.2, -0.15) is 4.31 Å². The van der Waals surface area contributed by atoms with E-state index in [1.165, 1.54) is 28.6 Å². The molecule has 0 radical (unpaired) electrons. The van der Waals surface area contributed by atoms with E-state index < -0.39 is 10.0 Å². The van der Waals surface area contributed by atoms with Crippen molar-refractivity contribution in [3.63, 3.8) is 0 Å². The van der Waals surface area contributed by atoms with Gasteiger partial charge in [-0.15, -0.1) is 0 Å². The molecule has 0 aliphatic carbocycles. The zero-order valence-electron chi connectivity index (χ0n) is 17.0. The van der Waals surface area contributed by atoms with Crippen molar-refractivity contribution < 1.29 is 17.6 Å². The molecule has 2 saturated heterocycles. The quantitative estimate of drug-likeness (QED) is 0.736. The third-order valence-corrected chi connectivity index (χ3v) is 8.02. The maximum absolute atomic E-state index is 13.3. The summed E-state index contributed by atoms with van der Waals surface area (Å²) in [5, 5.41) is 0. The number of rotatable bonds is 4. The fraction of sp³-hybridized carbons (Fsp3) is 0.435. The summed E-state index contributed by atoms with van der Waals surface area (Å²) in [6.07, 6.45) is 4.67. The molecule has 5 nitrogen and oxygen atoms in total. The molecule has 0 spiro atoms. The van der Waals surface area contributed by atoms with Gasteiger partial charge in [0.25, 0.3) is 5.91 Å². The van der Waals surface area contributed by atoms with E-state index in [9.17, 15) is 17.6 Å². The van der Waals surface area contributed by atoms with Gasteiger partial charge in [-0.3, -0.25) is 4.79 Å². The summed E-state index contributed by atoms with van der Waals surface area (Å²) in [5.41, 5.74) is 1.54. The summed E-state index contributed by atoms with van der Waals surface area (Å²) in [6.45, 7) is 2.37. The third-order valence-electron chi connectivity index (χ3n) is 6.10. The molecule has 160 valence electrons. The average Bonchev–Trinajstić information content (AvgIpc) is 3.20. The molecule has 2 aliphatic rings. The molecular formula is C23H27FN2O3S. The molecule has 30 heavy (non-hydrogen) atoms. The van der Waals surface area contributed by atoms with E-state index in [0.29, 0.717) is 31.7 Å². The highest BCUT2D eigenvalue weighted by atomic mass is 32.2. The summed E-state index contributed by atoms with van der Waals surface area (Å²) < 4.78 is 40.2. The van der Waals surface area contributed by atoms with E-state index >= 15 is 0 Å². The zero-order chi connectivity index (χ0) is 21.1. The van der Waals surface area contributed by atoms with Gasteiger partial charge in [0.1, 0.15) is 5.82 Å². The Kier molecular flexibility index (Phi) is 6.20. The summed E-state index contributed by atoms with van der Waals surface area (Å²) in [5.74, 6) is -0.176. The molecule has 0 aromatic heterocycles. The molecule has 4 rings (SSSR count). The highest BCUT2D eigenvalue weighted by Gasteiger charge is 2.28. The third kappa shape index (κ3) is 4.42. The predicted octanol–water partition coefficient (Wildman–Crippen LogP) is 4.02. The van der Waals surface area contributed by atoms with E-state index in [-0.39, 0.29) is 22.5 Å². The Balaban J connectivity index is 1.49. The van der Waals surface area contributed by atoms with Gasteiger partial charge >= 0.3 is 0 Å². The molecule has 2 aliphatic heterocycles. The highest BCUT2D eigenvalue weighted by molar-refractivity contribution is 7.89. The molecule has 2 heterocycles. The van der Waals surface area contributed by atoms with Crippen molar-refractivity contribution >= 4 is 15.9 Å². The molecule has 2 aromatic carbocycles. The lowest BCUT2D eigenvalue weighted by molar-refractivity contribution is 0.0754. The van der Waals surface area contributed by atoms with Crippen molar-refractivity contribution in [1.82, 2.24) is 9.21 Å². The minimum absolute atomic E-state index is 0.0888. The Morgan fingerprint density at radius 3 is 2.17 bits per heavy atom. The maximum atomic E-state index is 13.3. The van der Waals surface area contributed by atoms with E-state index in [2.05, 4.69) is 0 Å². The number of carbonyl (C=O) groups excluding carboxylic acids is 1. The number of halogens is 1. The van der Waals surface area contributed by atoms with Crippen LogP contribution in [0.1, 0.15) is 53.9 Å². The molecule has 0 bridgehead atoms. The second kappa shape index (κ2) is 8.86. The van der Waals surface area contributed by atoms with Crippen molar-refractivity contribution in [3.05, 3.63) is 65.5 Å². The summed E-state index contributed by atoms with van der Waals surface area (Å²) >= 11 is 0. The van der Waals surface area contributed by atoms with Crippen molar-refractivity contribution in [1.29, 1.82) is 0 Å². The first kappa shape index (κ1) is 21.0. The van der Waals surface area contributed by atoms with Gasteiger partial charge in [-0.1, -0.05) is 18.6 Å². The average molecular weight is 431 g/mol. The first-order valence-corrected chi connectivity index (χ1v) is 12.0. The van der Waals surface area contributed by atoms with Crippen LogP contribution in [0, 0.1) is 5.82 Å². The van der Waals surface area contributed by atoms with Gasteiger partial charge in [0.05, 0.1) is 4.90 Å². The fourth-order valence-electron chi connectivity index (χ4n) is 4.36. The van der Waals surface area contributed by atoms with E-state index in [1.54, 1.807) is 24.3 Å². The van der Waals surface area contributed by atoms with Crippen LogP contribution >= 0.6 is 0 Å². The number of hydrogen-bond donors (Lipinski definition) is 0. The molecule has 0 unspecified atom stereocenters. The van der Waals surface area contributed by atoms with Crippen LogP contribution in [0.15, 0.2) is 53.4 Å². The first-order valence-electron chi connectivity index (χ1n) is 10.6. The second-order valence-corrected chi connectivity index (χ2v) is 10.1. The lowest BCUT2D eigenvalue weighted by Crippen LogP contribution is -2.34. The molecule has 0 saturated carbocycles. The summed E-state index contributed by atoms with van der Waals surface area (Å²) in [4.78, 5) is 15.2. The molecule has 0 N–H and O–H groups in total. The number of benzene rings is 2. The van der Waals surface area contributed by atoms with Gasteiger partial charge in [-0.05, 0) is 67.6 Å². The van der Waals surface area contributed by atoms with Crippen molar-refractivity contribution in [2.45, 2.75) is 42.9 Å². The number of hydrogen-bond acceptors (Lipinski definition) is 3. The van der Waals surface area contributed by atoms with Crippen molar-refractivity contribution in [2.24, 2.45) is 0 Å². The smallest absolute Gasteiger partial charge is 0.253 e. The highest BCUT2D eigenvalue weighted by Crippen LogP contribution is 2.28. The Morgan fingerprint density at radius 1 is 0.867 bits per heavy atom. The number of nitrogens with zero attached hydrogens (tertiary/aromatic N) is 2. The Hall–Kier alpha value is -2.25. The van der Waals surface area contributed by atoms with Crippen LogP contribution < -0.4 is 0 Å². The predicted molar refractivity (Wildman–Crippen MR) is 113 cm³/mol. The van der Waals surface area contributed by atoms with Gasteiger partial charge in [0.15, 0.2) is 0 Å². The van der Waals surface area contributed by atoms with Gasteiger partial charge in [-0.25, -0.2) is 12.8 Å². The zero-order valence-corrected chi connectivity index (χ0v) is 17.8. The lowest BCUT2D eigenvalue weighted by atomic mass is 9.94. The molecule has 7 heteroatoms. The van der Waals surface area contributed by atoms with Crippen LogP contribution in [0.3, 0.4) is 0 Å². The molecule has 1 atom stereocenters. The van der Waals surface area contributed by atoms with Gasteiger partial charge in [0, 0.05) is 37.7 Å². The van der Waals surface area contributed by atoms with Gasteiger partial charge in [0.2, 0.25) is 10.0 Å². The minimum Gasteiger partial charge on any atom is -0.338 e. The Bertz CT molecular complexity index is 984.